The molecule has 0 saturated heterocycles. The maximum Gasteiger partial charge on any atom is 0.146 e. The lowest BCUT2D eigenvalue weighted by Gasteiger charge is -2.12. The van der Waals surface area contributed by atoms with E-state index in [-0.39, 0.29) is 6.61 Å². The summed E-state index contributed by atoms with van der Waals surface area (Å²) < 4.78 is 7.79. The van der Waals surface area contributed by atoms with Crippen molar-refractivity contribution in [3.63, 3.8) is 0 Å². The average molecular weight is 535 g/mol. The minimum absolute atomic E-state index is 0.0269. The van der Waals surface area contributed by atoms with Gasteiger partial charge < -0.3 is 9.84 Å². The van der Waals surface area contributed by atoms with Crippen LogP contribution in [0.2, 0.25) is 10.0 Å². The molecule has 2 aromatic rings. The normalized spacial score (nSPS) is 10.7. The number of benzene rings is 2. The van der Waals surface area contributed by atoms with Gasteiger partial charge in [0.2, 0.25) is 0 Å². The van der Waals surface area contributed by atoms with Crippen molar-refractivity contribution in [2.24, 2.45) is 0 Å². The zero-order valence-electron chi connectivity index (χ0n) is 10.2. The predicted molar refractivity (Wildman–Crippen MR) is 98.6 cm³/mol. The Labute approximate surface area is 154 Å². The summed E-state index contributed by atoms with van der Waals surface area (Å²) in [5, 5.41) is 10.2. The third-order valence-electron chi connectivity index (χ3n) is 2.61. The van der Waals surface area contributed by atoms with Gasteiger partial charge in [-0.05, 0) is 80.6 Å². The summed E-state index contributed by atoms with van der Waals surface area (Å²) in [6.07, 6.45) is 0. The van der Waals surface area contributed by atoms with Gasteiger partial charge in [0.15, 0.2) is 0 Å². The maximum atomic E-state index is 9.17. The zero-order valence-corrected chi connectivity index (χ0v) is 16.0. The highest BCUT2D eigenvalue weighted by molar-refractivity contribution is 14.1. The third kappa shape index (κ3) is 4.13. The number of ether oxygens (including phenoxy) is 1. The van der Waals surface area contributed by atoms with Gasteiger partial charge >= 0.3 is 0 Å². The quantitative estimate of drug-likeness (QED) is 0.541. The highest BCUT2D eigenvalue weighted by Crippen LogP contribution is 2.30. The molecule has 0 bridgehead atoms. The average Bonchev–Trinajstić information content (AvgIpc) is 2.41. The maximum absolute atomic E-state index is 9.17. The molecule has 0 aliphatic heterocycles. The molecule has 0 aromatic heterocycles. The molecule has 2 aromatic carbocycles. The van der Waals surface area contributed by atoms with E-state index in [1.165, 1.54) is 0 Å². The molecule has 0 aliphatic carbocycles. The molecule has 0 radical (unpaired) electrons. The lowest BCUT2D eigenvalue weighted by molar-refractivity contribution is 0.280. The van der Waals surface area contributed by atoms with Crippen LogP contribution in [0.4, 0.5) is 0 Å². The van der Waals surface area contributed by atoms with Crippen LogP contribution in [-0.2, 0) is 13.2 Å². The smallest absolute Gasteiger partial charge is 0.146 e. The molecule has 106 valence electrons. The van der Waals surface area contributed by atoms with Crippen LogP contribution < -0.4 is 4.74 Å². The first-order valence-corrected chi connectivity index (χ1v) is 8.58. The first-order valence-electron chi connectivity index (χ1n) is 5.66. The van der Waals surface area contributed by atoms with E-state index in [2.05, 4.69) is 45.2 Å². The molecule has 0 heterocycles. The molecule has 2 rings (SSSR count). The van der Waals surface area contributed by atoms with E-state index < -0.39 is 0 Å². The van der Waals surface area contributed by atoms with Crippen molar-refractivity contribution in [3.8, 4) is 5.75 Å². The van der Waals surface area contributed by atoms with Gasteiger partial charge in [0.1, 0.15) is 12.4 Å². The molecule has 2 nitrogen and oxygen atoms in total. The van der Waals surface area contributed by atoms with E-state index in [1.807, 2.05) is 18.2 Å². The summed E-state index contributed by atoms with van der Waals surface area (Å²) in [6, 6.07) is 9.26. The standard InChI is InChI=1S/C14H10Cl2I2O2/c15-10-2-1-8(3-11(10)16)7-20-14-12(17)4-9(6-19)5-13(14)18/h1-5,19H,6-7H2. The fourth-order valence-electron chi connectivity index (χ4n) is 1.63. The Kier molecular flexibility index (Phi) is 6.22. The minimum Gasteiger partial charge on any atom is -0.487 e. The van der Waals surface area contributed by atoms with Crippen molar-refractivity contribution in [3.05, 3.63) is 58.6 Å². The fraction of sp³-hybridized carbons (Fsp3) is 0.143. The van der Waals surface area contributed by atoms with Crippen LogP contribution in [0.25, 0.3) is 0 Å². The van der Waals surface area contributed by atoms with Gasteiger partial charge in [-0.3, -0.25) is 0 Å². The summed E-state index contributed by atoms with van der Waals surface area (Å²) in [7, 11) is 0. The monoisotopic (exact) mass is 534 g/mol. The van der Waals surface area contributed by atoms with Crippen LogP contribution in [0, 0.1) is 7.14 Å². The van der Waals surface area contributed by atoms with E-state index in [1.54, 1.807) is 12.1 Å². The van der Waals surface area contributed by atoms with Crippen LogP contribution in [0.5, 0.6) is 5.75 Å². The number of hydrogen-bond donors (Lipinski definition) is 1. The molecule has 20 heavy (non-hydrogen) atoms. The number of rotatable bonds is 4. The van der Waals surface area contributed by atoms with E-state index in [9.17, 15) is 0 Å². The summed E-state index contributed by atoms with van der Waals surface area (Å²) in [6.45, 7) is 0.445. The van der Waals surface area contributed by atoms with Gasteiger partial charge in [-0.25, -0.2) is 0 Å². The van der Waals surface area contributed by atoms with Crippen molar-refractivity contribution in [2.45, 2.75) is 13.2 Å². The number of aliphatic hydroxyl groups is 1. The number of aliphatic hydroxyl groups excluding tert-OH is 1. The Bertz CT molecular complexity index is 610. The molecule has 0 amide bonds. The predicted octanol–water partition coefficient (Wildman–Crippen LogP) is 5.27. The molecule has 6 heteroatoms. The van der Waals surface area contributed by atoms with Crippen molar-refractivity contribution in [2.75, 3.05) is 0 Å². The van der Waals surface area contributed by atoms with Gasteiger partial charge in [0, 0.05) is 0 Å². The highest BCUT2D eigenvalue weighted by Gasteiger charge is 2.09. The van der Waals surface area contributed by atoms with Crippen LogP contribution in [0.15, 0.2) is 30.3 Å². The van der Waals surface area contributed by atoms with Crippen molar-refractivity contribution in [1.29, 1.82) is 0 Å². The first-order chi connectivity index (χ1) is 9.51. The number of hydrogen-bond acceptors (Lipinski definition) is 2. The second kappa shape index (κ2) is 7.49. The second-order valence-corrected chi connectivity index (χ2v) is 7.22. The van der Waals surface area contributed by atoms with Crippen LogP contribution in [-0.4, -0.2) is 5.11 Å². The Morgan fingerprint density at radius 1 is 0.950 bits per heavy atom. The van der Waals surface area contributed by atoms with E-state index in [4.69, 9.17) is 33.0 Å². The van der Waals surface area contributed by atoms with Crippen LogP contribution in [0.1, 0.15) is 11.1 Å². The summed E-state index contributed by atoms with van der Waals surface area (Å²) in [5.41, 5.74) is 1.83. The first kappa shape index (κ1) is 16.6. The van der Waals surface area contributed by atoms with E-state index in [0.29, 0.717) is 16.7 Å². The summed E-state index contributed by atoms with van der Waals surface area (Å²) >= 11 is 16.3. The summed E-state index contributed by atoms with van der Waals surface area (Å²) in [5.74, 6) is 0.814. The molecular weight excluding hydrogens is 525 g/mol. The molecule has 0 atom stereocenters. The lowest BCUT2D eigenvalue weighted by Crippen LogP contribution is -2.00. The number of halogens is 4. The van der Waals surface area contributed by atoms with Crippen molar-refractivity contribution >= 4 is 68.4 Å². The molecule has 1 N–H and O–H groups in total. The van der Waals surface area contributed by atoms with E-state index >= 15 is 0 Å². The fourth-order valence-corrected chi connectivity index (χ4v) is 4.16. The summed E-state index contributed by atoms with van der Waals surface area (Å²) in [4.78, 5) is 0. The largest absolute Gasteiger partial charge is 0.487 e. The topological polar surface area (TPSA) is 29.5 Å². The highest BCUT2D eigenvalue weighted by atomic mass is 127. The van der Waals surface area contributed by atoms with Gasteiger partial charge in [-0.15, -0.1) is 0 Å². The second-order valence-electron chi connectivity index (χ2n) is 4.08. The van der Waals surface area contributed by atoms with Crippen molar-refractivity contribution in [1.82, 2.24) is 0 Å². The zero-order chi connectivity index (χ0) is 14.7. The van der Waals surface area contributed by atoms with Crippen LogP contribution in [0.3, 0.4) is 0 Å². The Hall–Kier alpha value is 0.240. The Balaban J connectivity index is 2.16. The molecule has 0 fully saturated rings. The molecule has 0 unspecified atom stereocenters. The van der Waals surface area contributed by atoms with Gasteiger partial charge in [0.05, 0.1) is 23.8 Å². The molecule has 0 spiro atoms. The molecule has 0 aliphatic rings. The van der Waals surface area contributed by atoms with Gasteiger partial charge in [0.25, 0.3) is 0 Å². The molecular formula is C14H10Cl2I2O2. The Morgan fingerprint density at radius 2 is 1.60 bits per heavy atom. The van der Waals surface area contributed by atoms with Crippen molar-refractivity contribution < 1.29 is 9.84 Å². The third-order valence-corrected chi connectivity index (χ3v) is 4.95. The van der Waals surface area contributed by atoms with Gasteiger partial charge in [-0.2, -0.15) is 0 Å². The van der Waals surface area contributed by atoms with Gasteiger partial charge in [-0.1, -0.05) is 29.3 Å². The molecule has 0 saturated carbocycles. The van der Waals surface area contributed by atoms with E-state index in [0.717, 1.165) is 24.0 Å². The minimum atomic E-state index is 0.0269. The Morgan fingerprint density at radius 3 is 2.15 bits per heavy atom. The lowest BCUT2D eigenvalue weighted by atomic mass is 10.2. The SMILES string of the molecule is OCc1cc(I)c(OCc2ccc(Cl)c(Cl)c2)c(I)c1. The van der Waals surface area contributed by atoms with Crippen LogP contribution >= 0.6 is 68.4 Å².